The van der Waals surface area contributed by atoms with Crippen LogP contribution in [0.5, 0.6) is 0 Å². The molecule has 1 aromatic heterocycles. The first kappa shape index (κ1) is 13.5. The van der Waals surface area contributed by atoms with Crippen LogP contribution in [0.2, 0.25) is 0 Å². The second kappa shape index (κ2) is 6.33. The normalized spacial score (nSPS) is 11.8. The van der Waals surface area contributed by atoms with Crippen molar-refractivity contribution in [2.45, 2.75) is 6.92 Å². The fourth-order valence-electron chi connectivity index (χ4n) is 1.44. The molecule has 0 unspecified atom stereocenters. The van der Waals surface area contributed by atoms with Gasteiger partial charge in [0.25, 0.3) is 5.69 Å². The largest absolute Gasteiger partial charge is 0.465 e. The molecule has 20 heavy (non-hydrogen) atoms. The minimum absolute atomic E-state index is 0.0500. The number of hydrazone groups is 1. The first-order chi connectivity index (χ1) is 9.65. The third-order valence-electron chi connectivity index (χ3n) is 2.47. The van der Waals surface area contributed by atoms with Gasteiger partial charge in [-0.1, -0.05) is 0 Å². The van der Waals surface area contributed by atoms with Crippen molar-refractivity contribution in [1.82, 2.24) is 0 Å². The summed E-state index contributed by atoms with van der Waals surface area (Å²) in [6, 6.07) is 9.70. The number of benzene rings is 1. The Bertz CT molecular complexity index is 628. The lowest BCUT2D eigenvalue weighted by molar-refractivity contribution is -0.384. The van der Waals surface area contributed by atoms with E-state index in [4.69, 9.17) is 4.42 Å². The quantitative estimate of drug-likeness (QED) is 0.511. The third kappa shape index (κ3) is 3.81. The smallest absolute Gasteiger partial charge is 0.269 e. The van der Waals surface area contributed by atoms with Gasteiger partial charge in [0.1, 0.15) is 5.76 Å². The second-order valence-electron chi connectivity index (χ2n) is 4.02. The van der Waals surface area contributed by atoms with E-state index in [2.05, 4.69) is 10.5 Å². The molecule has 2 rings (SSSR count). The lowest BCUT2D eigenvalue weighted by atomic mass is 10.3. The van der Waals surface area contributed by atoms with E-state index in [-0.39, 0.29) is 5.69 Å². The molecule has 1 N–H and O–H groups in total. The van der Waals surface area contributed by atoms with Gasteiger partial charge in [-0.05, 0) is 43.3 Å². The minimum Gasteiger partial charge on any atom is -0.465 e. The Morgan fingerprint density at radius 2 is 2.10 bits per heavy atom. The molecular formula is C14H13N3O3. The molecular weight excluding hydrogens is 258 g/mol. The van der Waals surface area contributed by atoms with Crippen LogP contribution in [-0.2, 0) is 0 Å². The summed E-state index contributed by atoms with van der Waals surface area (Å²) in [5.41, 5.74) is 4.31. The van der Waals surface area contributed by atoms with Gasteiger partial charge in [-0.15, -0.1) is 0 Å². The minimum atomic E-state index is -0.440. The van der Waals surface area contributed by atoms with Crippen LogP contribution in [0.3, 0.4) is 0 Å². The molecule has 1 heterocycles. The van der Waals surface area contributed by atoms with E-state index in [9.17, 15) is 10.1 Å². The third-order valence-corrected chi connectivity index (χ3v) is 2.47. The van der Waals surface area contributed by atoms with Gasteiger partial charge in [-0.3, -0.25) is 15.5 Å². The van der Waals surface area contributed by atoms with Crippen LogP contribution < -0.4 is 5.43 Å². The maximum absolute atomic E-state index is 10.5. The number of nitrogens with zero attached hydrogens (tertiary/aromatic N) is 2. The molecule has 0 fully saturated rings. The van der Waals surface area contributed by atoms with Crippen LogP contribution in [-0.4, -0.2) is 10.6 Å². The molecule has 6 heteroatoms. The zero-order valence-corrected chi connectivity index (χ0v) is 10.8. The molecule has 0 amide bonds. The van der Waals surface area contributed by atoms with Crippen LogP contribution in [0.25, 0.3) is 6.08 Å². The maximum Gasteiger partial charge on any atom is 0.269 e. The molecule has 0 bridgehead atoms. The van der Waals surface area contributed by atoms with Gasteiger partial charge in [0.2, 0.25) is 0 Å². The molecule has 102 valence electrons. The van der Waals surface area contributed by atoms with E-state index in [1.165, 1.54) is 12.1 Å². The molecule has 0 aliphatic carbocycles. The summed E-state index contributed by atoms with van der Waals surface area (Å²) in [5.74, 6) is 0.745. The Hall–Kier alpha value is -2.89. The van der Waals surface area contributed by atoms with E-state index in [0.29, 0.717) is 5.69 Å². The molecule has 0 atom stereocenters. The lowest BCUT2D eigenvalue weighted by Crippen LogP contribution is -1.94. The van der Waals surface area contributed by atoms with Gasteiger partial charge in [0.15, 0.2) is 0 Å². The van der Waals surface area contributed by atoms with Crippen LogP contribution in [0.15, 0.2) is 58.3 Å². The number of furan rings is 1. The van der Waals surface area contributed by atoms with Crippen molar-refractivity contribution in [3.63, 3.8) is 0 Å². The highest BCUT2D eigenvalue weighted by Gasteiger charge is 2.02. The predicted molar refractivity (Wildman–Crippen MR) is 77.6 cm³/mol. The number of hydrogen-bond acceptors (Lipinski definition) is 5. The van der Waals surface area contributed by atoms with E-state index in [0.717, 1.165) is 11.5 Å². The molecule has 0 aliphatic rings. The van der Waals surface area contributed by atoms with Crippen molar-refractivity contribution in [2.75, 3.05) is 5.43 Å². The first-order valence-corrected chi connectivity index (χ1v) is 5.91. The Morgan fingerprint density at radius 3 is 2.70 bits per heavy atom. The van der Waals surface area contributed by atoms with Gasteiger partial charge in [-0.25, -0.2) is 0 Å². The monoisotopic (exact) mass is 271 g/mol. The summed E-state index contributed by atoms with van der Waals surface area (Å²) >= 11 is 0. The topological polar surface area (TPSA) is 80.7 Å². The maximum atomic E-state index is 10.5. The Labute approximate surface area is 115 Å². The summed E-state index contributed by atoms with van der Waals surface area (Å²) in [4.78, 5) is 10.1. The summed E-state index contributed by atoms with van der Waals surface area (Å²) in [5, 5.41) is 14.7. The predicted octanol–water partition coefficient (Wildman–Crippen LogP) is 3.69. The number of anilines is 1. The van der Waals surface area contributed by atoms with E-state index in [1.54, 1.807) is 36.6 Å². The van der Waals surface area contributed by atoms with Crippen LogP contribution in [0.1, 0.15) is 12.7 Å². The zero-order chi connectivity index (χ0) is 14.4. The van der Waals surface area contributed by atoms with E-state index in [1.807, 2.05) is 13.0 Å². The van der Waals surface area contributed by atoms with E-state index >= 15 is 0 Å². The van der Waals surface area contributed by atoms with Crippen molar-refractivity contribution in [2.24, 2.45) is 5.10 Å². The lowest BCUT2D eigenvalue weighted by Gasteiger charge is -2.00. The molecule has 0 saturated heterocycles. The van der Waals surface area contributed by atoms with Crippen molar-refractivity contribution < 1.29 is 9.34 Å². The number of hydrogen-bond donors (Lipinski definition) is 1. The summed E-state index contributed by atoms with van der Waals surface area (Å²) in [6.07, 6.45) is 5.20. The molecule has 6 nitrogen and oxygen atoms in total. The summed E-state index contributed by atoms with van der Waals surface area (Å²) < 4.78 is 5.16. The van der Waals surface area contributed by atoms with Gasteiger partial charge in [-0.2, -0.15) is 5.10 Å². The summed E-state index contributed by atoms with van der Waals surface area (Å²) in [7, 11) is 0. The van der Waals surface area contributed by atoms with Crippen LogP contribution in [0.4, 0.5) is 11.4 Å². The van der Waals surface area contributed by atoms with Crippen molar-refractivity contribution in [3.8, 4) is 0 Å². The highest BCUT2D eigenvalue weighted by molar-refractivity contribution is 5.96. The number of rotatable bonds is 5. The first-order valence-electron chi connectivity index (χ1n) is 5.91. The Balaban J connectivity index is 1.96. The fraction of sp³-hybridized carbons (Fsp3) is 0.0714. The van der Waals surface area contributed by atoms with Gasteiger partial charge in [0.05, 0.1) is 22.6 Å². The number of nitrogens with one attached hydrogen (secondary N) is 1. The molecule has 0 aliphatic heterocycles. The zero-order valence-electron chi connectivity index (χ0n) is 10.8. The van der Waals surface area contributed by atoms with Crippen molar-refractivity contribution in [3.05, 3.63) is 64.6 Å². The number of nitro groups is 1. The second-order valence-corrected chi connectivity index (χ2v) is 4.02. The van der Waals surface area contributed by atoms with Crippen molar-refractivity contribution in [1.29, 1.82) is 0 Å². The fourth-order valence-corrected chi connectivity index (χ4v) is 1.44. The van der Waals surface area contributed by atoms with Crippen molar-refractivity contribution >= 4 is 23.2 Å². The van der Waals surface area contributed by atoms with Gasteiger partial charge < -0.3 is 4.42 Å². The standard InChI is InChI=1S/C14H13N3O3/c1-11(4-9-14-3-2-10-20-14)15-16-12-5-7-13(8-6-12)17(18)19/h2-10,16H,1H3/b9-4+,15-11-. The average Bonchev–Trinajstić information content (AvgIpc) is 2.96. The van der Waals surface area contributed by atoms with Gasteiger partial charge >= 0.3 is 0 Å². The molecule has 1 aromatic carbocycles. The highest BCUT2D eigenvalue weighted by Crippen LogP contribution is 2.15. The highest BCUT2D eigenvalue weighted by atomic mass is 16.6. The number of non-ortho nitro benzene ring substituents is 1. The Kier molecular flexibility index (Phi) is 4.28. The molecule has 0 radical (unpaired) electrons. The summed E-state index contributed by atoms with van der Waals surface area (Å²) in [6.45, 7) is 1.83. The van der Waals surface area contributed by atoms with E-state index < -0.39 is 4.92 Å². The molecule has 0 spiro atoms. The number of allylic oxidation sites excluding steroid dienone is 1. The SMILES string of the molecule is CC(/C=C/c1ccco1)=N/Nc1ccc([N+](=O)[O-])cc1. The molecule has 0 saturated carbocycles. The molecule has 2 aromatic rings. The van der Waals surface area contributed by atoms with Gasteiger partial charge in [0, 0.05) is 12.1 Å². The number of nitro benzene ring substituents is 1. The average molecular weight is 271 g/mol. The van der Waals surface area contributed by atoms with Crippen LogP contribution >= 0.6 is 0 Å². The van der Waals surface area contributed by atoms with Crippen LogP contribution in [0, 0.1) is 10.1 Å². The Morgan fingerprint density at radius 1 is 1.35 bits per heavy atom.